The Balaban J connectivity index is 1.95. The molecule has 7 nitrogen and oxygen atoms in total. The monoisotopic (exact) mass is 360 g/mol. The number of nitrogens with zero attached hydrogens (tertiary/aromatic N) is 5. The van der Waals surface area contributed by atoms with Gasteiger partial charge in [-0.2, -0.15) is 5.26 Å². The lowest BCUT2D eigenvalue weighted by Crippen LogP contribution is -2.29. The summed E-state index contributed by atoms with van der Waals surface area (Å²) in [5, 5.41) is 17.7. The van der Waals surface area contributed by atoms with E-state index in [4.69, 9.17) is 11.0 Å². The van der Waals surface area contributed by atoms with Crippen LogP contribution >= 0.6 is 0 Å². The van der Waals surface area contributed by atoms with Gasteiger partial charge in [0.15, 0.2) is 0 Å². The minimum absolute atomic E-state index is 0.0855. The van der Waals surface area contributed by atoms with Crippen LogP contribution in [-0.4, -0.2) is 27.2 Å². The summed E-state index contributed by atoms with van der Waals surface area (Å²) >= 11 is 0. The number of carbonyl (C=O) groups is 1. The molecule has 2 N–H and O–H groups in total. The molecule has 1 aromatic carbocycles. The number of hydrogen-bond donors (Lipinski definition) is 1. The average Bonchev–Trinajstić information content (AvgIpc) is 3.01. The lowest BCUT2D eigenvalue weighted by molar-refractivity contribution is 0.100. The van der Waals surface area contributed by atoms with Crippen molar-refractivity contribution in [1.82, 2.24) is 14.8 Å². The third-order valence-corrected chi connectivity index (χ3v) is 5.10. The molecule has 0 bridgehead atoms. The molecule has 2 heterocycles. The molecule has 0 spiro atoms. The van der Waals surface area contributed by atoms with E-state index in [-0.39, 0.29) is 11.8 Å². The number of anilines is 1. The Hall–Kier alpha value is -3.40. The quantitative estimate of drug-likeness (QED) is 0.887. The molecule has 1 unspecified atom stereocenters. The third kappa shape index (κ3) is 2.70. The summed E-state index contributed by atoms with van der Waals surface area (Å²) in [7, 11) is 0. The van der Waals surface area contributed by atoms with Gasteiger partial charge in [0.1, 0.15) is 11.6 Å². The highest BCUT2D eigenvalue weighted by Crippen LogP contribution is 2.39. The van der Waals surface area contributed by atoms with E-state index in [1.807, 2.05) is 41.9 Å². The zero-order chi connectivity index (χ0) is 19.1. The van der Waals surface area contributed by atoms with Crippen molar-refractivity contribution in [2.45, 2.75) is 26.2 Å². The predicted molar refractivity (Wildman–Crippen MR) is 101 cm³/mol. The summed E-state index contributed by atoms with van der Waals surface area (Å²) in [6, 6.07) is 7.80. The number of nitrogens with two attached hydrogens (primary N) is 1. The van der Waals surface area contributed by atoms with E-state index < -0.39 is 5.91 Å². The fraction of sp³-hybridized carbons (Fsp3) is 0.300. The van der Waals surface area contributed by atoms with Crippen molar-refractivity contribution in [2.75, 3.05) is 11.4 Å². The molecule has 0 radical (unpaired) electrons. The first-order valence-corrected chi connectivity index (χ1v) is 8.92. The van der Waals surface area contributed by atoms with Crippen molar-refractivity contribution in [3.63, 3.8) is 0 Å². The average molecular weight is 360 g/mol. The van der Waals surface area contributed by atoms with Crippen LogP contribution in [0.2, 0.25) is 0 Å². The summed E-state index contributed by atoms with van der Waals surface area (Å²) in [5.74, 6) is 1.11. The fourth-order valence-electron chi connectivity index (χ4n) is 3.78. The van der Waals surface area contributed by atoms with E-state index >= 15 is 0 Å². The number of hydrogen-bond acceptors (Lipinski definition) is 5. The first-order chi connectivity index (χ1) is 13.0. The number of carbonyl (C=O) groups excluding carboxylic acids is 1. The minimum Gasteiger partial charge on any atom is -0.366 e. The molecule has 1 amide bonds. The van der Waals surface area contributed by atoms with Crippen LogP contribution in [0.5, 0.6) is 0 Å². The van der Waals surface area contributed by atoms with Crippen molar-refractivity contribution < 1.29 is 4.79 Å². The molecule has 1 aromatic heterocycles. The Kier molecular flexibility index (Phi) is 4.04. The normalized spacial score (nSPS) is 20.9. The van der Waals surface area contributed by atoms with Crippen molar-refractivity contribution in [3.05, 3.63) is 59.3 Å². The number of benzene rings is 1. The van der Waals surface area contributed by atoms with E-state index in [1.165, 1.54) is 0 Å². The smallest absolute Gasteiger partial charge is 0.250 e. The molecule has 2 aliphatic rings. The summed E-state index contributed by atoms with van der Waals surface area (Å²) in [5.41, 5.74) is 8.71. The van der Waals surface area contributed by atoms with E-state index in [1.54, 1.807) is 6.07 Å². The van der Waals surface area contributed by atoms with Gasteiger partial charge in [0.2, 0.25) is 0 Å². The maximum Gasteiger partial charge on any atom is 0.250 e. The molecule has 4 rings (SSSR count). The van der Waals surface area contributed by atoms with Crippen molar-refractivity contribution in [3.8, 4) is 11.8 Å². The van der Waals surface area contributed by atoms with Gasteiger partial charge in [-0.3, -0.25) is 9.36 Å². The molecule has 0 saturated carbocycles. The van der Waals surface area contributed by atoms with Gasteiger partial charge < -0.3 is 10.6 Å². The molecule has 1 aliphatic carbocycles. The lowest BCUT2D eigenvalue weighted by atomic mass is 9.99. The molecule has 0 saturated heterocycles. The Bertz CT molecular complexity index is 1030. The minimum atomic E-state index is -0.478. The Labute approximate surface area is 157 Å². The van der Waals surface area contributed by atoms with Crippen molar-refractivity contribution >= 4 is 11.6 Å². The largest absolute Gasteiger partial charge is 0.366 e. The second kappa shape index (κ2) is 6.40. The first-order valence-electron chi connectivity index (χ1n) is 8.92. The Morgan fingerprint density at radius 1 is 1.37 bits per heavy atom. The molecule has 27 heavy (non-hydrogen) atoms. The maximum atomic E-state index is 12.2. The molecule has 2 atom stereocenters. The van der Waals surface area contributed by atoms with E-state index in [2.05, 4.69) is 28.1 Å². The van der Waals surface area contributed by atoms with Gasteiger partial charge in [0.25, 0.3) is 5.91 Å². The molecule has 136 valence electrons. The van der Waals surface area contributed by atoms with Crippen molar-refractivity contribution in [2.24, 2.45) is 11.7 Å². The number of nitriles is 1. The van der Waals surface area contributed by atoms with Gasteiger partial charge in [-0.1, -0.05) is 25.1 Å². The van der Waals surface area contributed by atoms with E-state index in [9.17, 15) is 4.79 Å². The Morgan fingerprint density at radius 3 is 2.85 bits per heavy atom. The van der Waals surface area contributed by atoms with Crippen LogP contribution in [0.3, 0.4) is 0 Å². The number of fused-ring (bicyclic) bond motifs is 3. The van der Waals surface area contributed by atoms with Crippen LogP contribution < -0.4 is 10.6 Å². The number of allylic oxidation sites excluding steroid dienone is 3. The van der Waals surface area contributed by atoms with Gasteiger partial charge in [-0.15, -0.1) is 10.2 Å². The highest BCUT2D eigenvalue weighted by atomic mass is 16.1. The number of aryl methyl sites for hydroxylation is 1. The lowest BCUT2D eigenvalue weighted by Gasteiger charge is -2.30. The van der Waals surface area contributed by atoms with Crippen LogP contribution in [0.25, 0.3) is 5.69 Å². The van der Waals surface area contributed by atoms with Gasteiger partial charge in [-0.05, 0) is 31.6 Å². The standard InChI is InChI=1S/C20H20N6O/c1-12-11-25(15-8-6-14(10-21)7-9-15)18-16(19(22)27)4-3-5-17(18)26-13(2)23-24-20(12)26/h3-6,8-9,12,14H,7,11H2,1-2H3,(H2,22,27)/t12-,14?/m1/s1. The maximum absolute atomic E-state index is 12.2. The summed E-state index contributed by atoms with van der Waals surface area (Å²) < 4.78 is 2.00. The van der Waals surface area contributed by atoms with Crippen LogP contribution in [0, 0.1) is 24.2 Å². The van der Waals surface area contributed by atoms with Crippen LogP contribution in [-0.2, 0) is 0 Å². The number of amides is 1. The Morgan fingerprint density at radius 2 is 2.19 bits per heavy atom. The van der Waals surface area contributed by atoms with Crippen LogP contribution in [0.1, 0.15) is 41.3 Å². The summed E-state index contributed by atoms with van der Waals surface area (Å²) in [6.07, 6.45) is 6.54. The van der Waals surface area contributed by atoms with Gasteiger partial charge in [0.05, 0.1) is 28.9 Å². The first kappa shape index (κ1) is 17.0. The van der Waals surface area contributed by atoms with Gasteiger partial charge in [-0.25, -0.2) is 0 Å². The molecule has 1 aliphatic heterocycles. The summed E-state index contributed by atoms with van der Waals surface area (Å²) in [4.78, 5) is 14.3. The van der Waals surface area contributed by atoms with Crippen molar-refractivity contribution in [1.29, 1.82) is 5.26 Å². The molecular weight excluding hydrogens is 340 g/mol. The second-order valence-corrected chi connectivity index (χ2v) is 6.95. The number of aromatic nitrogens is 3. The number of primary amides is 1. The third-order valence-electron chi connectivity index (χ3n) is 5.10. The fourth-order valence-corrected chi connectivity index (χ4v) is 3.78. The molecular formula is C20H20N6O. The topological polar surface area (TPSA) is 101 Å². The molecule has 0 fully saturated rings. The predicted octanol–water partition coefficient (Wildman–Crippen LogP) is 2.58. The number of rotatable bonds is 2. The highest BCUT2D eigenvalue weighted by Gasteiger charge is 2.31. The second-order valence-electron chi connectivity index (χ2n) is 6.95. The highest BCUT2D eigenvalue weighted by molar-refractivity contribution is 6.01. The van der Waals surface area contributed by atoms with E-state index in [0.717, 1.165) is 28.7 Å². The van der Waals surface area contributed by atoms with E-state index in [0.29, 0.717) is 18.5 Å². The van der Waals surface area contributed by atoms with Gasteiger partial charge in [0, 0.05) is 18.2 Å². The number of para-hydroxylation sites is 1. The zero-order valence-corrected chi connectivity index (χ0v) is 15.3. The zero-order valence-electron chi connectivity index (χ0n) is 15.3. The molecule has 2 aromatic rings. The summed E-state index contributed by atoms with van der Waals surface area (Å²) in [6.45, 7) is 4.62. The molecule has 7 heteroatoms. The van der Waals surface area contributed by atoms with Gasteiger partial charge >= 0.3 is 0 Å². The van der Waals surface area contributed by atoms with Crippen LogP contribution in [0.15, 0.2) is 42.1 Å². The SMILES string of the molecule is Cc1nnc2n1-c1cccc(C(N)=O)c1N(C1=CCC(C#N)C=C1)C[C@H]2C. The van der Waals surface area contributed by atoms with Crippen LogP contribution in [0.4, 0.5) is 5.69 Å².